The summed E-state index contributed by atoms with van der Waals surface area (Å²) in [5, 5.41) is 3.22. The maximum atomic E-state index is 4.73. The first-order chi connectivity index (χ1) is 9.63. The fourth-order valence-corrected chi connectivity index (χ4v) is 3.34. The Kier molecular flexibility index (Phi) is 5.41. The summed E-state index contributed by atoms with van der Waals surface area (Å²) in [5.41, 5.74) is 2.44. The lowest BCUT2D eigenvalue weighted by Gasteiger charge is -2.35. The van der Waals surface area contributed by atoms with Crippen molar-refractivity contribution in [2.75, 3.05) is 19.0 Å². The highest BCUT2D eigenvalue weighted by Gasteiger charge is 2.24. The second-order valence-electron chi connectivity index (χ2n) is 6.20. The van der Waals surface area contributed by atoms with Crippen molar-refractivity contribution in [1.29, 1.82) is 0 Å². The van der Waals surface area contributed by atoms with Gasteiger partial charge in [0.1, 0.15) is 5.82 Å². The van der Waals surface area contributed by atoms with Crippen molar-refractivity contribution in [3.63, 3.8) is 0 Å². The number of nitrogens with one attached hydrogen (secondary N) is 1. The maximum Gasteiger partial charge on any atom is 0.129 e. The van der Waals surface area contributed by atoms with E-state index in [4.69, 9.17) is 4.98 Å². The van der Waals surface area contributed by atoms with E-state index in [1.54, 1.807) is 0 Å². The monoisotopic (exact) mass is 275 g/mol. The van der Waals surface area contributed by atoms with Gasteiger partial charge in [0.05, 0.1) is 0 Å². The lowest BCUT2D eigenvalue weighted by Crippen LogP contribution is -2.35. The molecule has 0 radical (unpaired) electrons. The summed E-state index contributed by atoms with van der Waals surface area (Å²) in [6.07, 6.45) is 6.71. The minimum atomic E-state index is 0.662. The summed E-state index contributed by atoms with van der Waals surface area (Å²) in [6.45, 7) is 5.32. The van der Waals surface area contributed by atoms with E-state index in [1.807, 2.05) is 7.05 Å². The van der Waals surface area contributed by atoms with Gasteiger partial charge in [-0.05, 0) is 63.3 Å². The largest absolute Gasteiger partial charge is 0.357 e. The Morgan fingerprint density at radius 2 is 1.95 bits per heavy atom. The van der Waals surface area contributed by atoms with E-state index in [-0.39, 0.29) is 0 Å². The zero-order valence-corrected chi connectivity index (χ0v) is 13.4. The van der Waals surface area contributed by atoms with Crippen LogP contribution in [0.3, 0.4) is 0 Å². The van der Waals surface area contributed by atoms with E-state index in [1.165, 1.54) is 37.7 Å². The molecule has 0 aliphatic heterocycles. The van der Waals surface area contributed by atoms with Gasteiger partial charge in [0, 0.05) is 25.3 Å². The highest BCUT2D eigenvalue weighted by molar-refractivity contribution is 5.43. The minimum Gasteiger partial charge on any atom is -0.357 e. The van der Waals surface area contributed by atoms with Crippen LogP contribution in [-0.2, 0) is 6.54 Å². The average molecular weight is 275 g/mol. The maximum absolute atomic E-state index is 4.73. The van der Waals surface area contributed by atoms with E-state index in [9.17, 15) is 0 Å². The van der Waals surface area contributed by atoms with Crippen LogP contribution in [0.15, 0.2) is 12.1 Å². The molecule has 0 aromatic carbocycles. The third kappa shape index (κ3) is 3.72. The second kappa shape index (κ2) is 7.07. The molecule has 3 nitrogen and oxygen atoms in total. The van der Waals surface area contributed by atoms with Crippen molar-refractivity contribution in [2.24, 2.45) is 5.92 Å². The molecule has 3 heteroatoms. The zero-order valence-electron chi connectivity index (χ0n) is 13.4. The standard InChI is InChI=1S/C17H29N3/c1-5-14-6-8-16(9-7-14)20(4)17-11-15(12-18-3)10-13(2)19-17/h10-11,14,16,18H,5-9,12H2,1-4H3. The minimum absolute atomic E-state index is 0.662. The summed E-state index contributed by atoms with van der Waals surface area (Å²) in [6, 6.07) is 5.06. The summed E-state index contributed by atoms with van der Waals surface area (Å²) >= 11 is 0. The average Bonchev–Trinajstić information content (AvgIpc) is 2.46. The third-order valence-corrected chi connectivity index (χ3v) is 4.68. The smallest absolute Gasteiger partial charge is 0.129 e. The fraction of sp³-hybridized carbons (Fsp3) is 0.706. The quantitative estimate of drug-likeness (QED) is 0.891. The molecule has 1 heterocycles. The molecule has 0 saturated heterocycles. The summed E-state index contributed by atoms with van der Waals surface area (Å²) in [7, 11) is 4.20. The predicted octanol–water partition coefficient (Wildman–Crippen LogP) is 3.51. The molecule has 1 aromatic heterocycles. The number of hydrogen-bond donors (Lipinski definition) is 1. The Bertz CT molecular complexity index is 422. The first kappa shape index (κ1) is 15.3. The van der Waals surface area contributed by atoms with Gasteiger partial charge in [-0.15, -0.1) is 0 Å². The van der Waals surface area contributed by atoms with Gasteiger partial charge in [-0.25, -0.2) is 4.98 Å². The van der Waals surface area contributed by atoms with E-state index >= 15 is 0 Å². The Hall–Kier alpha value is -1.09. The molecule has 0 unspecified atom stereocenters. The molecular weight excluding hydrogens is 246 g/mol. The lowest BCUT2D eigenvalue weighted by atomic mass is 9.84. The molecule has 1 aliphatic rings. The normalized spacial score (nSPS) is 22.8. The van der Waals surface area contributed by atoms with Gasteiger partial charge in [-0.2, -0.15) is 0 Å². The molecule has 112 valence electrons. The van der Waals surface area contributed by atoms with Crippen molar-refractivity contribution in [3.8, 4) is 0 Å². The van der Waals surface area contributed by atoms with Crippen LogP contribution in [0.5, 0.6) is 0 Å². The van der Waals surface area contributed by atoms with Crippen molar-refractivity contribution in [2.45, 2.75) is 58.5 Å². The molecule has 0 amide bonds. The van der Waals surface area contributed by atoms with Crippen LogP contribution in [0, 0.1) is 12.8 Å². The van der Waals surface area contributed by atoms with E-state index < -0.39 is 0 Å². The van der Waals surface area contributed by atoms with Gasteiger partial charge in [0.25, 0.3) is 0 Å². The summed E-state index contributed by atoms with van der Waals surface area (Å²) in [5.74, 6) is 2.08. The van der Waals surface area contributed by atoms with E-state index in [0.29, 0.717) is 6.04 Å². The van der Waals surface area contributed by atoms with Crippen LogP contribution in [0.4, 0.5) is 5.82 Å². The molecule has 1 aromatic rings. The Balaban J connectivity index is 2.07. The van der Waals surface area contributed by atoms with Crippen LogP contribution in [0.1, 0.15) is 50.3 Å². The van der Waals surface area contributed by atoms with Crippen LogP contribution in [0.25, 0.3) is 0 Å². The van der Waals surface area contributed by atoms with Crippen LogP contribution in [-0.4, -0.2) is 25.1 Å². The molecule has 20 heavy (non-hydrogen) atoms. The number of aryl methyl sites for hydroxylation is 1. The number of anilines is 1. The topological polar surface area (TPSA) is 28.2 Å². The van der Waals surface area contributed by atoms with Crippen LogP contribution in [0.2, 0.25) is 0 Å². The number of rotatable bonds is 5. The predicted molar refractivity (Wildman–Crippen MR) is 86.2 cm³/mol. The molecule has 0 bridgehead atoms. The van der Waals surface area contributed by atoms with Crippen LogP contribution >= 0.6 is 0 Å². The number of hydrogen-bond acceptors (Lipinski definition) is 3. The van der Waals surface area contributed by atoms with Crippen LogP contribution < -0.4 is 10.2 Å². The van der Waals surface area contributed by atoms with Crippen molar-refractivity contribution >= 4 is 5.82 Å². The first-order valence-corrected chi connectivity index (χ1v) is 7.99. The molecule has 1 aliphatic carbocycles. The molecule has 0 spiro atoms. The zero-order chi connectivity index (χ0) is 14.5. The number of aromatic nitrogens is 1. The molecular formula is C17H29N3. The molecule has 0 atom stereocenters. The van der Waals surface area contributed by atoms with Crippen molar-refractivity contribution in [1.82, 2.24) is 10.3 Å². The van der Waals surface area contributed by atoms with E-state index in [2.05, 4.69) is 43.2 Å². The third-order valence-electron chi connectivity index (χ3n) is 4.68. The van der Waals surface area contributed by atoms with Gasteiger partial charge < -0.3 is 10.2 Å². The fourth-order valence-electron chi connectivity index (χ4n) is 3.34. The van der Waals surface area contributed by atoms with E-state index in [0.717, 1.165) is 24.0 Å². The second-order valence-corrected chi connectivity index (χ2v) is 6.20. The van der Waals surface area contributed by atoms with Gasteiger partial charge in [-0.3, -0.25) is 0 Å². The van der Waals surface area contributed by atoms with Crippen molar-refractivity contribution in [3.05, 3.63) is 23.4 Å². The first-order valence-electron chi connectivity index (χ1n) is 7.99. The molecule has 1 N–H and O–H groups in total. The summed E-state index contributed by atoms with van der Waals surface area (Å²) < 4.78 is 0. The number of pyridine rings is 1. The SMILES string of the molecule is CCC1CCC(N(C)c2cc(CNC)cc(C)n2)CC1. The van der Waals surface area contributed by atoms with Gasteiger partial charge >= 0.3 is 0 Å². The molecule has 1 fully saturated rings. The van der Waals surface area contributed by atoms with Crippen molar-refractivity contribution < 1.29 is 0 Å². The highest BCUT2D eigenvalue weighted by atomic mass is 15.2. The van der Waals surface area contributed by atoms with Gasteiger partial charge in [-0.1, -0.05) is 13.3 Å². The highest BCUT2D eigenvalue weighted by Crippen LogP contribution is 2.30. The summed E-state index contributed by atoms with van der Waals surface area (Å²) in [4.78, 5) is 7.13. The Morgan fingerprint density at radius 3 is 2.55 bits per heavy atom. The van der Waals surface area contributed by atoms with Gasteiger partial charge in [0.15, 0.2) is 0 Å². The molecule has 2 rings (SSSR count). The molecule has 1 saturated carbocycles. The Morgan fingerprint density at radius 1 is 1.25 bits per heavy atom. The Labute approximate surface area is 123 Å². The number of nitrogens with zero attached hydrogens (tertiary/aromatic N) is 2. The van der Waals surface area contributed by atoms with Gasteiger partial charge in [0.2, 0.25) is 0 Å². The lowest BCUT2D eigenvalue weighted by molar-refractivity contribution is 0.313.